The first-order chi connectivity index (χ1) is 17.0. The number of carbonyl (C=O) groups is 1. The molecule has 0 aliphatic rings. The molecule has 6 heteroatoms. The van der Waals surface area contributed by atoms with Crippen molar-refractivity contribution >= 4 is 17.8 Å². The fraction of sp³-hybridized carbons (Fsp3) is 0.500. The Hall–Kier alpha value is -2.99. The molecule has 0 radical (unpaired) electrons. The summed E-state index contributed by atoms with van der Waals surface area (Å²) in [5.41, 5.74) is 5.61. The van der Waals surface area contributed by atoms with Gasteiger partial charge in [-0.05, 0) is 75.3 Å². The van der Waals surface area contributed by atoms with Gasteiger partial charge in [-0.15, -0.1) is 0 Å². The summed E-state index contributed by atoms with van der Waals surface area (Å²) in [6.45, 7) is 17.9. The molecule has 1 amide bonds. The molecule has 6 nitrogen and oxygen atoms in total. The highest BCUT2D eigenvalue weighted by atomic mass is 16.1. The van der Waals surface area contributed by atoms with Gasteiger partial charge in [-0.1, -0.05) is 39.8 Å². The van der Waals surface area contributed by atoms with Crippen molar-refractivity contribution in [2.24, 2.45) is 10.9 Å². The van der Waals surface area contributed by atoms with Crippen molar-refractivity contribution in [1.82, 2.24) is 15.2 Å². The minimum atomic E-state index is -0.149. The summed E-state index contributed by atoms with van der Waals surface area (Å²) < 4.78 is 0. The number of rotatable bonds is 12. The molecular weight excluding hydrogens is 446 g/mol. The quantitative estimate of drug-likeness (QED) is 0.324. The van der Waals surface area contributed by atoms with Crippen LogP contribution in [0.2, 0.25) is 0 Å². The van der Waals surface area contributed by atoms with Crippen LogP contribution < -0.4 is 10.6 Å². The summed E-state index contributed by atoms with van der Waals surface area (Å²) in [5, 5.41) is 6.61. The van der Waals surface area contributed by atoms with Crippen LogP contribution in [0.4, 0.5) is 5.69 Å². The van der Waals surface area contributed by atoms with Crippen LogP contribution in [0.15, 0.2) is 53.4 Å². The number of aryl methyl sites for hydroxylation is 1. The Morgan fingerprint density at radius 2 is 1.86 bits per heavy atom. The van der Waals surface area contributed by atoms with Crippen LogP contribution in [0, 0.1) is 12.8 Å². The van der Waals surface area contributed by atoms with E-state index in [4.69, 9.17) is 4.99 Å². The second-order valence-corrected chi connectivity index (χ2v) is 10.1. The summed E-state index contributed by atoms with van der Waals surface area (Å²) >= 11 is 0. The monoisotopic (exact) mass is 491 g/mol. The van der Waals surface area contributed by atoms with Gasteiger partial charge in [0, 0.05) is 55.7 Å². The maximum atomic E-state index is 12.9. The van der Waals surface area contributed by atoms with E-state index in [0.29, 0.717) is 17.4 Å². The molecule has 3 atom stereocenters. The molecule has 0 aliphatic carbocycles. The number of hydrogen-bond donors (Lipinski definition) is 2. The predicted molar refractivity (Wildman–Crippen MR) is 153 cm³/mol. The molecule has 2 rings (SSSR count). The molecular formula is C30H45N5O. The standard InChI is InChI=1S/C30H45N5O/c1-10-21(5)29-22(6)15-26(18-32-29)30(36)34-27-14-12-13-25(16-27)24(8)33-23(7)17-31-28(20(3)4)19-35(9)11-2/h12-21,23-24,33H,10-11H2,1-9H3,(H,34,36)/b28-19+,31-17?/t21?,23?,24-/m0/s1. The molecule has 0 aliphatic heterocycles. The molecule has 196 valence electrons. The molecule has 1 aromatic carbocycles. The number of amides is 1. The highest BCUT2D eigenvalue weighted by molar-refractivity contribution is 6.04. The predicted octanol–water partition coefficient (Wildman–Crippen LogP) is 6.71. The zero-order chi connectivity index (χ0) is 26.8. The SMILES string of the molecule is CCC(C)c1ncc(C(=O)Nc2cccc([C@H](C)NC(C)C=N/C(=C/N(C)CC)C(C)C)c2)cc1C. The lowest BCUT2D eigenvalue weighted by molar-refractivity contribution is 0.102. The average molecular weight is 492 g/mol. The molecule has 0 fully saturated rings. The number of hydrogen-bond acceptors (Lipinski definition) is 5. The molecule has 36 heavy (non-hydrogen) atoms. The van der Waals surface area contributed by atoms with Crippen LogP contribution in [-0.4, -0.2) is 41.6 Å². The van der Waals surface area contributed by atoms with E-state index in [-0.39, 0.29) is 18.0 Å². The number of aliphatic imine (C=N–C) groups is 1. The molecule has 1 aromatic heterocycles. The molecule has 2 unspecified atom stereocenters. The molecule has 0 saturated heterocycles. The number of allylic oxidation sites excluding steroid dienone is 1. The van der Waals surface area contributed by atoms with Crippen LogP contribution in [0.3, 0.4) is 0 Å². The van der Waals surface area contributed by atoms with Crippen LogP contribution in [0.25, 0.3) is 0 Å². The van der Waals surface area contributed by atoms with E-state index in [0.717, 1.165) is 41.2 Å². The minimum Gasteiger partial charge on any atom is -0.379 e. The van der Waals surface area contributed by atoms with Gasteiger partial charge in [0.15, 0.2) is 0 Å². The largest absolute Gasteiger partial charge is 0.379 e. The normalized spacial score (nSPS) is 14.7. The Bertz CT molecular complexity index is 1060. The molecule has 2 N–H and O–H groups in total. The van der Waals surface area contributed by atoms with Crippen molar-refractivity contribution < 1.29 is 4.79 Å². The molecule has 0 saturated carbocycles. The second kappa shape index (κ2) is 13.9. The zero-order valence-electron chi connectivity index (χ0n) is 23.6. The van der Waals surface area contributed by atoms with E-state index < -0.39 is 0 Å². The maximum Gasteiger partial charge on any atom is 0.257 e. The van der Waals surface area contributed by atoms with Crippen molar-refractivity contribution in [1.29, 1.82) is 0 Å². The Balaban J connectivity index is 2.06. The van der Waals surface area contributed by atoms with Crippen molar-refractivity contribution in [2.45, 2.75) is 79.8 Å². The van der Waals surface area contributed by atoms with Gasteiger partial charge in [0.25, 0.3) is 5.91 Å². The number of carbonyl (C=O) groups excluding carboxylic acids is 1. The number of pyridine rings is 1. The smallest absolute Gasteiger partial charge is 0.257 e. The summed E-state index contributed by atoms with van der Waals surface area (Å²) in [6.07, 6.45) is 6.78. The van der Waals surface area contributed by atoms with Gasteiger partial charge in [-0.3, -0.25) is 14.8 Å². The Kier molecular flexibility index (Phi) is 11.3. The van der Waals surface area contributed by atoms with Gasteiger partial charge < -0.3 is 15.5 Å². The fourth-order valence-corrected chi connectivity index (χ4v) is 3.89. The van der Waals surface area contributed by atoms with Gasteiger partial charge >= 0.3 is 0 Å². The first-order valence-corrected chi connectivity index (χ1v) is 13.2. The maximum absolute atomic E-state index is 12.9. The number of nitrogens with one attached hydrogen (secondary N) is 2. The molecule has 0 spiro atoms. The Morgan fingerprint density at radius 3 is 2.47 bits per heavy atom. The summed E-state index contributed by atoms with van der Waals surface area (Å²) in [6, 6.07) is 10.1. The summed E-state index contributed by atoms with van der Waals surface area (Å²) in [5.74, 6) is 0.584. The van der Waals surface area contributed by atoms with Crippen LogP contribution in [-0.2, 0) is 0 Å². The average Bonchev–Trinajstić information content (AvgIpc) is 2.85. The first kappa shape index (κ1) is 29.2. The number of aromatic nitrogens is 1. The van der Waals surface area contributed by atoms with Crippen molar-refractivity contribution in [3.8, 4) is 0 Å². The van der Waals surface area contributed by atoms with E-state index >= 15 is 0 Å². The highest BCUT2D eigenvalue weighted by Crippen LogP contribution is 2.22. The lowest BCUT2D eigenvalue weighted by Crippen LogP contribution is -2.30. The highest BCUT2D eigenvalue weighted by Gasteiger charge is 2.14. The van der Waals surface area contributed by atoms with Gasteiger partial charge in [0.1, 0.15) is 0 Å². The van der Waals surface area contributed by atoms with Gasteiger partial charge in [0.05, 0.1) is 11.3 Å². The third-order valence-corrected chi connectivity index (χ3v) is 6.51. The van der Waals surface area contributed by atoms with Gasteiger partial charge in [0.2, 0.25) is 0 Å². The fourth-order valence-electron chi connectivity index (χ4n) is 3.89. The zero-order valence-corrected chi connectivity index (χ0v) is 23.6. The van der Waals surface area contributed by atoms with Crippen LogP contribution in [0.5, 0.6) is 0 Å². The van der Waals surface area contributed by atoms with Crippen LogP contribution in [0.1, 0.15) is 94.0 Å². The molecule has 0 bridgehead atoms. The third-order valence-electron chi connectivity index (χ3n) is 6.51. The Morgan fingerprint density at radius 1 is 1.14 bits per heavy atom. The van der Waals surface area contributed by atoms with E-state index in [2.05, 4.69) is 88.3 Å². The number of anilines is 1. The van der Waals surface area contributed by atoms with Crippen molar-refractivity contribution in [2.75, 3.05) is 18.9 Å². The number of nitrogens with zero attached hydrogens (tertiary/aromatic N) is 3. The lowest BCUT2D eigenvalue weighted by Gasteiger charge is -2.19. The lowest BCUT2D eigenvalue weighted by atomic mass is 9.99. The van der Waals surface area contributed by atoms with Gasteiger partial charge in [-0.2, -0.15) is 0 Å². The van der Waals surface area contributed by atoms with E-state index in [1.165, 1.54) is 0 Å². The van der Waals surface area contributed by atoms with E-state index in [1.807, 2.05) is 37.4 Å². The van der Waals surface area contributed by atoms with Crippen LogP contribution >= 0.6 is 0 Å². The minimum absolute atomic E-state index is 0.0883. The molecule has 2 aromatic rings. The van der Waals surface area contributed by atoms with Crippen molar-refractivity contribution in [3.05, 3.63) is 70.8 Å². The summed E-state index contributed by atoms with van der Waals surface area (Å²) in [7, 11) is 2.06. The topological polar surface area (TPSA) is 69.6 Å². The van der Waals surface area contributed by atoms with Crippen molar-refractivity contribution in [3.63, 3.8) is 0 Å². The number of benzene rings is 1. The second-order valence-electron chi connectivity index (χ2n) is 10.1. The third kappa shape index (κ3) is 8.59. The van der Waals surface area contributed by atoms with E-state index in [9.17, 15) is 4.79 Å². The first-order valence-electron chi connectivity index (χ1n) is 13.2. The molecule has 1 heterocycles. The summed E-state index contributed by atoms with van der Waals surface area (Å²) in [4.78, 5) is 24.3. The van der Waals surface area contributed by atoms with Gasteiger partial charge in [-0.25, -0.2) is 0 Å². The van der Waals surface area contributed by atoms with E-state index in [1.54, 1.807) is 6.20 Å². The Labute approximate surface area is 218 Å².